The molecule has 1 heterocycles. The van der Waals surface area contributed by atoms with Crippen LogP contribution in [0.5, 0.6) is 5.88 Å². The molecule has 8 heteroatoms. The SMILES string of the molecule is COc1ncccc1S(=O)(=O)N(C)Cc1ccccc1.O=CO. The van der Waals surface area contributed by atoms with Gasteiger partial charge in [-0.1, -0.05) is 30.3 Å². The van der Waals surface area contributed by atoms with E-state index in [0.717, 1.165) is 5.56 Å². The predicted molar refractivity (Wildman–Crippen MR) is 84.6 cm³/mol. The number of pyridine rings is 1. The van der Waals surface area contributed by atoms with Crippen LogP contribution < -0.4 is 4.74 Å². The molecule has 1 aromatic carbocycles. The number of nitrogens with zero attached hydrogens (tertiary/aromatic N) is 2. The van der Waals surface area contributed by atoms with Gasteiger partial charge in [-0.3, -0.25) is 4.79 Å². The van der Waals surface area contributed by atoms with E-state index in [9.17, 15) is 8.42 Å². The lowest BCUT2D eigenvalue weighted by Crippen LogP contribution is -2.27. The van der Waals surface area contributed by atoms with Gasteiger partial charge in [-0.05, 0) is 17.7 Å². The summed E-state index contributed by atoms with van der Waals surface area (Å²) in [5.41, 5.74) is 0.918. The number of hydrogen-bond donors (Lipinski definition) is 1. The van der Waals surface area contributed by atoms with E-state index in [1.807, 2.05) is 30.3 Å². The zero-order chi connectivity index (χ0) is 17.3. The molecule has 0 radical (unpaired) electrons. The predicted octanol–water partition coefficient (Wildman–Crippen LogP) is 1.61. The molecule has 0 unspecified atom stereocenters. The number of carbonyl (C=O) groups is 1. The van der Waals surface area contributed by atoms with E-state index in [2.05, 4.69) is 4.98 Å². The van der Waals surface area contributed by atoms with E-state index in [-0.39, 0.29) is 17.2 Å². The van der Waals surface area contributed by atoms with Crippen LogP contribution in [0.1, 0.15) is 5.56 Å². The van der Waals surface area contributed by atoms with Crippen molar-refractivity contribution in [2.75, 3.05) is 14.2 Å². The van der Waals surface area contributed by atoms with Gasteiger partial charge in [0.1, 0.15) is 4.90 Å². The first-order valence-corrected chi connectivity index (χ1v) is 7.98. The topological polar surface area (TPSA) is 96.8 Å². The molecule has 0 aliphatic heterocycles. The molecule has 0 saturated heterocycles. The van der Waals surface area contributed by atoms with Crippen LogP contribution in [0.25, 0.3) is 0 Å². The van der Waals surface area contributed by atoms with E-state index < -0.39 is 10.0 Å². The van der Waals surface area contributed by atoms with Crippen molar-refractivity contribution in [2.24, 2.45) is 0 Å². The molecule has 0 atom stereocenters. The van der Waals surface area contributed by atoms with Crippen LogP contribution in [0.15, 0.2) is 53.6 Å². The number of methoxy groups -OCH3 is 1. The number of rotatable bonds is 5. The number of sulfonamides is 1. The van der Waals surface area contributed by atoms with Gasteiger partial charge in [-0.2, -0.15) is 4.31 Å². The van der Waals surface area contributed by atoms with Crippen LogP contribution in [0, 0.1) is 0 Å². The third-order valence-corrected chi connectivity index (χ3v) is 4.68. The molecule has 0 amide bonds. The highest BCUT2D eigenvalue weighted by atomic mass is 32.2. The van der Waals surface area contributed by atoms with E-state index in [1.54, 1.807) is 6.07 Å². The Morgan fingerprint density at radius 3 is 2.39 bits per heavy atom. The Morgan fingerprint density at radius 2 is 1.83 bits per heavy atom. The number of carboxylic acid groups (broad SMARTS) is 1. The molecule has 0 saturated carbocycles. The second-order valence-electron chi connectivity index (χ2n) is 4.36. The second-order valence-corrected chi connectivity index (χ2v) is 6.38. The first-order valence-electron chi connectivity index (χ1n) is 6.54. The van der Waals surface area contributed by atoms with Crippen LogP contribution in [-0.4, -0.2) is 43.4 Å². The number of benzene rings is 1. The highest BCUT2D eigenvalue weighted by molar-refractivity contribution is 7.89. The summed E-state index contributed by atoms with van der Waals surface area (Å²) in [7, 11) is -0.696. The molecule has 2 aromatic rings. The first kappa shape index (κ1) is 18.6. The van der Waals surface area contributed by atoms with Gasteiger partial charge >= 0.3 is 0 Å². The highest BCUT2D eigenvalue weighted by Crippen LogP contribution is 2.24. The monoisotopic (exact) mass is 338 g/mol. The zero-order valence-corrected chi connectivity index (χ0v) is 13.6. The number of hydrogen-bond acceptors (Lipinski definition) is 5. The Hall–Kier alpha value is -2.45. The lowest BCUT2D eigenvalue weighted by Gasteiger charge is -2.18. The Balaban J connectivity index is 0.000000816. The maximum Gasteiger partial charge on any atom is 0.290 e. The number of ether oxygens (including phenoxy) is 1. The number of aromatic nitrogens is 1. The molecule has 0 aliphatic carbocycles. The fraction of sp³-hybridized carbons (Fsp3) is 0.200. The summed E-state index contributed by atoms with van der Waals surface area (Å²) >= 11 is 0. The van der Waals surface area contributed by atoms with Gasteiger partial charge in [0.15, 0.2) is 0 Å². The average molecular weight is 338 g/mol. The largest absolute Gasteiger partial charge is 0.483 e. The molecule has 23 heavy (non-hydrogen) atoms. The van der Waals surface area contributed by atoms with Gasteiger partial charge in [0, 0.05) is 19.8 Å². The van der Waals surface area contributed by atoms with Gasteiger partial charge < -0.3 is 9.84 Å². The van der Waals surface area contributed by atoms with E-state index in [4.69, 9.17) is 14.6 Å². The smallest absolute Gasteiger partial charge is 0.290 e. The molecule has 0 bridgehead atoms. The molecular weight excluding hydrogens is 320 g/mol. The van der Waals surface area contributed by atoms with Crippen LogP contribution >= 0.6 is 0 Å². The van der Waals surface area contributed by atoms with Crippen LogP contribution in [0.4, 0.5) is 0 Å². The van der Waals surface area contributed by atoms with Gasteiger partial charge in [-0.15, -0.1) is 0 Å². The molecule has 0 aliphatic rings. The average Bonchev–Trinajstić information content (AvgIpc) is 2.56. The highest BCUT2D eigenvalue weighted by Gasteiger charge is 2.25. The molecule has 124 valence electrons. The van der Waals surface area contributed by atoms with E-state index in [1.165, 1.54) is 30.7 Å². The first-order chi connectivity index (χ1) is 11.0. The summed E-state index contributed by atoms with van der Waals surface area (Å²) in [4.78, 5) is 12.4. The minimum Gasteiger partial charge on any atom is -0.483 e. The lowest BCUT2D eigenvalue weighted by molar-refractivity contribution is -0.122. The zero-order valence-electron chi connectivity index (χ0n) is 12.8. The van der Waals surface area contributed by atoms with Crippen LogP contribution in [-0.2, 0) is 21.4 Å². The maximum absolute atomic E-state index is 12.5. The van der Waals surface area contributed by atoms with Crippen molar-refractivity contribution >= 4 is 16.5 Å². The standard InChI is InChI=1S/C14H16N2O3S.CH2O2/c1-16(11-12-7-4-3-5-8-12)20(17,18)13-9-6-10-15-14(13)19-2;2-1-3/h3-10H,11H2,1-2H3;1H,(H,2,3). The van der Waals surface area contributed by atoms with Crippen molar-refractivity contribution in [3.8, 4) is 5.88 Å². The quantitative estimate of drug-likeness (QED) is 0.832. The molecular formula is C15H18N2O5S. The molecule has 7 nitrogen and oxygen atoms in total. The van der Waals surface area contributed by atoms with Crippen LogP contribution in [0.2, 0.25) is 0 Å². The van der Waals surface area contributed by atoms with Gasteiger partial charge in [0.05, 0.1) is 7.11 Å². The van der Waals surface area contributed by atoms with Gasteiger partial charge in [0.2, 0.25) is 15.9 Å². The molecule has 1 aromatic heterocycles. The Bertz CT molecular complexity index is 720. The fourth-order valence-electron chi connectivity index (χ4n) is 1.82. The third-order valence-electron chi connectivity index (χ3n) is 2.87. The molecule has 1 N–H and O–H groups in total. The molecule has 0 spiro atoms. The van der Waals surface area contributed by atoms with Gasteiger partial charge in [-0.25, -0.2) is 13.4 Å². The van der Waals surface area contributed by atoms with E-state index >= 15 is 0 Å². The van der Waals surface area contributed by atoms with Crippen molar-refractivity contribution in [1.82, 2.24) is 9.29 Å². The second kappa shape index (κ2) is 8.86. The minimum absolute atomic E-state index is 0.0703. The summed E-state index contributed by atoms with van der Waals surface area (Å²) in [6, 6.07) is 12.5. The fourth-order valence-corrected chi connectivity index (χ4v) is 3.08. The van der Waals surface area contributed by atoms with Crippen molar-refractivity contribution in [1.29, 1.82) is 0 Å². The van der Waals surface area contributed by atoms with Gasteiger partial charge in [0.25, 0.3) is 6.47 Å². The van der Waals surface area contributed by atoms with Crippen LogP contribution in [0.3, 0.4) is 0 Å². The third kappa shape index (κ3) is 5.04. The summed E-state index contributed by atoms with van der Waals surface area (Å²) < 4.78 is 31.3. The summed E-state index contributed by atoms with van der Waals surface area (Å²) in [5.74, 6) is 0.104. The van der Waals surface area contributed by atoms with E-state index in [0.29, 0.717) is 6.54 Å². The summed E-state index contributed by atoms with van der Waals surface area (Å²) in [6.07, 6.45) is 1.50. The van der Waals surface area contributed by atoms with Crippen molar-refractivity contribution in [3.05, 3.63) is 54.2 Å². The van der Waals surface area contributed by atoms with Crippen molar-refractivity contribution in [3.63, 3.8) is 0 Å². The summed E-state index contributed by atoms with van der Waals surface area (Å²) in [6.45, 7) is 0.0429. The Morgan fingerprint density at radius 1 is 1.22 bits per heavy atom. The lowest BCUT2D eigenvalue weighted by atomic mass is 10.2. The Labute approximate surface area is 135 Å². The minimum atomic E-state index is -3.63. The normalized spacial score (nSPS) is 10.6. The maximum atomic E-state index is 12.5. The van der Waals surface area contributed by atoms with Crippen molar-refractivity contribution < 1.29 is 23.1 Å². The molecule has 0 fully saturated rings. The molecule has 2 rings (SSSR count). The summed E-state index contributed by atoms with van der Waals surface area (Å²) in [5, 5.41) is 6.89. The van der Waals surface area contributed by atoms with Crippen molar-refractivity contribution in [2.45, 2.75) is 11.4 Å². The Kier molecular flexibility index (Phi) is 7.17.